The number of nitrogens with zero attached hydrogens (tertiary/aromatic N) is 2. The number of fused-ring (bicyclic) bond motifs is 2. The normalized spacial score (nSPS) is 18.6. The summed E-state index contributed by atoms with van der Waals surface area (Å²) in [6.07, 6.45) is -0.623. The highest BCUT2D eigenvalue weighted by atomic mass is 19.1. The number of aliphatic hydroxyl groups excluding tert-OH is 1. The highest BCUT2D eigenvalue weighted by molar-refractivity contribution is 6.01. The van der Waals surface area contributed by atoms with Crippen LogP contribution in [0.2, 0.25) is 0 Å². The fourth-order valence-corrected chi connectivity index (χ4v) is 4.88. The van der Waals surface area contributed by atoms with Crippen molar-refractivity contribution < 1.29 is 28.9 Å². The van der Waals surface area contributed by atoms with E-state index in [0.717, 1.165) is 0 Å². The molecule has 0 radical (unpaired) electrons. The van der Waals surface area contributed by atoms with Crippen LogP contribution in [0.25, 0.3) is 22.2 Å². The summed E-state index contributed by atoms with van der Waals surface area (Å²) in [5.41, 5.74) is 7.78. The minimum atomic E-state index is -1.48. The maximum Gasteiger partial charge on any atom is 0.163 e. The molecule has 1 unspecified atom stereocenters. The Morgan fingerprint density at radius 2 is 1.93 bits per heavy atom. The molecule has 208 valence electrons. The fraction of sp³-hybridized carbons (Fsp3) is 0.323. The highest BCUT2D eigenvalue weighted by Gasteiger charge is 2.38. The molecule has 3 heterocycles. The van der Waals surface area contributed by atoms with E-state index in [-0.39, 0.29) is 31.0 Å². The summed E-state index contributed by atoms with van der Waals surface area (Å²) in [5.74, 6) is 0.354. The number of aromatic nitrogens is 2. The Kier molecular flexibility index (Phi) is 7.08. The zero-order chi connectivity index (χ0) is 28.8. The van der Waals surface area contributed by atoms with Crippen molar-refractivity contribution in [3.8, 4) is 22.8 Å². The zero-order valence-corrected chi connectivity index (χ0v) is 22.9. The first-order valence-electron chi connectivity index (χ1n) is 13.1. The number of hydrogen-bond acceptors (Lipinski definition) is 8. The third-order valence-electron chi connectivity index (χ3n) is 7.36. The Morgan fingerprint density at radius 3 is 2.60 bits per heavy atom. The number of hydrogen-bond donors (Lipinski definition) is 3. The summed E-state index contributed by atoms with van der Waals surface area (Å²) in [6, 6.07) is 14.4. The number of benzene rings is 2. The van der Waals surface area contributed by atoms with Crippen molar-refractivity contribution in [2.45, 2.75) is 50.9 Å². The molecule has 9 heteroatoms. The van der Waals surface area contributed by atoms with Crippen LogP contribution in [0.5, 0.6) is 11.5 Å². The molecule has 0 spiro atoms. The molecule has 0 amide bonds. The van der Waals surface area contributed by atoms with Gasteiger partial charge in [-0.05, 0) is 75.7 Å². The number of Topliss-reactive ketones (excluding diaryl/α,β-unsaturated/α-hetero) is 1. The smallest absolute Gasteiger partial charge is 0.163 e. The Morgan fingerprint density at radius 1 is 1.20 bits per heavy atom. The average Bonchev–Trinajstić information content (AvgIpc) is 3.25. The third kappa shape index (κ3) is 5.15. The van der Waals surface area contributed by atoms with Gasteiger partial charge in [-0.15, -0.1) is 0 Å². The van der Waals surface area contributed by atoms with Gasteiger partial charge in [0, 0.05) is 28.5 Å². The summed E-state index contributed by atoms with van der Waals surface area (Å²) in [7, 11) is 1.50. The fourth-order valence-electron chi connectivity index (χ4n) is 4.88. The number of rotatable bonds is 8. The third-order valence-corrected chi connectivity index (χ3v) is 7.36. The van der Waals surface area contributed by atoms with Crippen LogP contribution < -0.4 is 15.2 Å². The molecule has 3 atom stereocenters. The Labute approximate surface area is 231 Å². The molecular formula is C31H32FN3O5. The topological polar surface area (TPSA) is 128 Å². The molecule has 1 aliphatic heterocycles. The standard InChI is InChI=1S/C31H32FN3O5/c1-17(36)23-10-7-19-13-20(14-25(39-4)27(19)34-23)24(37)11-12-31(3,38)26-15-22-29(40-16-30(22,2)33)28(35-26)18-5-8-21(32)9-6-18/h5-10,13-15,17,36,38H,11-12,16,33H2,1-4H3/t17?,30-,31-/m1/s1. The summed E-state index contributed by atoms with van der Waals surface area (Å²) in [6.45, 7) is 5.31. The summed E-state index contributed by atoms with van der Waals surface area (Å²) < 4.78 is 25.0. The first kappa shape index (κ1) is 27.6. The van der Waals surface area contributed by atoms with Gasteiger partial charge in [-0.2, -0.15) is 0 Å². The van der Waals surface area contributed by atoms with Gasteiger partial charge in [0.25, 0.3) is 0 Å². The maximum atomic E-state index is 13.6. The molecule has 8 nitrogen and oxygen atoms in total. The van der Waals surface area contributed by atoms with Gasteiger partial charge in [0.15, 0.2) is 11.5 Å². The highest BCUT2D eigenvalue weighted by Crippen LogP contribution is 2.44. The molecule has 0 aliphatic carbocycles. The average molecular weight is 546 g/mol. The first-order valence-corrected chi connectivity index (χ1v) is 13.1. The van der Waals surface area contributed by atoms with Gasteiger partial charge < -0.3 is 25.4 Å². The van der Waals surface area contributed by atoms with Crippen LogP contribution in [0.4, 0.5) is 4.39 Å². The van der Waals surface area contributed by atoms with Gasteiger partial charge in [-0.3, -0.25) is 4.79 Å². The molecule has 5 rings (SSSR count). The zero-order valence-electron chi connectivity index (χ0n) is 22.9. The summed E-state index contributed by atoms with van der Waals surface area (Å²) in [5, 5.41) is 22.1. The van der Waals surface area contributed by atoms with Gasteiger partial charge in [0.05, 0.1) is 30.1 Å². The molecule has 4 aromatic rings. The second-order valence-electron chi connectivity index (χ2n) is 10.8. The molecule has 40 heavy (non-hydrogen) atoms. The monoisotopic (exact) mass is 545 g/mol. The number of nitrogens with two attached hydrogens (primary N) is 1. The SMILES string of the molecule is COc1cc(C(=O)CC[C@@](C)(O)c2cc3c(c(-c4ccc(F)cc4)n2)OC[C@@]3(C)N)cc2ccc(C(C)O)nc12. The van der Waals surface area contributed by atoms with Gasteiger partial charge in [0.2, 0.25) is 0 Å². The van der Waals surface area contributed by atoms with Crippen molar-refractivity contribution in [2.75, 3.05) is 13.7 Å². The van der Waals surface area contributed by atoms with Crippen LogP contribution in [0, 0.1) is 5.82 Å². The lowest BCUT2D eigenvalue weighted by Crippen LogP contribution is -2.35. The number of ketones is 1. The molecular weight excluding hydrogens is 513 g/mol. The number of aliphatic hydroxyl groups is 2. The molecule has 4 N–H and O–H groups in total. The van der Waals surface area contributed by atoms with Crippen molar-refractivity contribution in [2.24, 2.45) is 5.73 Å². The number of halogens is 1. The van der Waals surface area contributed by atoms with Crippen molar-refractivity contribution in [1.29, 1.82) is 0 Å². The van der Waals surface area contributed by atoms with Crippen LogP contribution in [-0.4, -0.2) is 39.7 Å². The quantitative estimate of drug-likeness (QED) is 0.266. The van der Waals surface area contributed by atoms with E-state index >= 15 is 0 Å². The van der Waals surface area contributed by atoms with E-state index in [2.05, 4.69) is 4.98 Å². The van der Waals surface area contributed by atoms with Gasteiger partial charge in [0.1, 0.15) is 35.0 Å². The summed E-state index contributed by atoms with van der Waals surface area (Å²) in [4.78, 5) is 22.5. The molecule has 0 fully saturated rings. The molecule has 0 saturated carbocycles. The van der Waals surface area contributed by atoms with Crippen LogP contribution in [0.15, 0.2) is 54.6 Å². The molecule has 0 bridgehead atoms. The van der Waals surface area contributed by atoms with E-state index in [1.807, 2.05) is 6.92 Å². The maximum absolute atomic E-state index is 13.6. The van der Waals surface area contributed by atoms with Gasteiger partial charge in [-0.1, -0.05) is 6.07 Å². The second-order valence-corrected chi connectivity index (χ2v) is 10.8. The Bertz CT molecular complexity index is 1600. The minimum Gasteiger partial charge on any atom is -0.494 e. The van der Waals surface area contributed by atoms with E-state index in [9.17, 15) is 19.4 Å². The number of carbonyl (C=O) groups excluding carboxylic acids is 1. The van der Waals surface area contributed by atoms with E-state index < -0.39 is 17.2 Å². The second kappa shape index (κ2) is 10.2. The molecule has 0 saturated heterocycles. The van der Waals surface area contributed by atoms with Gasteiger partial charge in [-0.25, -0.2) is 14.4 Å². The van der Waals surface area contributed by atoms with Crippen molar-refractivity contribution >= 4 is 16.7 Å². The predicted octanol–water partition coefficient (Wildman–Crippen LogP) is 4.93. The minimum absolute atomic E-state index is 0.0296. The number of ether oxygens (including phenoxy) is 2. The molecule has 1 aliphatic rings. The predicted molar refractivity (Wildman–Crippen MR) is 149 cm³/mol. The van der Waals surface area contributed by atoms with E-state index in [0.29, 0.717) is 56.2 Å². The lowest BCUT2D eigenvalue weighted by Gasteiger charge is -2.25. The Balaban J connectivity index is 1.45. The van der Waals surface area contributed by atoms with Crippen LogP contribution >= 0.6 is 0 Å². The van der Waals surface area contributed by atoms with E-state index in [4.69, 9.17) is 20.2 Å². The van der Waals surface area contributed by atoms with Crippen LogP contribution in [0.1, 0.15) is 67.0 Å². The summed E-state index contributed by atoms with van der Waals surface area (Å²) >= 11 is 0. The number of pyridine rings is 2. The van der Waals surface area contributed by atoms with E-state index in [1.165, 1.54) is 19.2 Å². The first-order chi connectivity index (χ1) is 18.9. The van der Waals surface area contributed by atoms with E-state index in [1.54, 1.807) is 56.3 Å². The lowest BCUT2D eigenvalue weighted by atomic mass is 9.88. The van der Waals surface area contributed by atoms with Crippen molar-refractivity contribution in [3.05, 3.63) is 82.9 Å². The van der Waals surface area contributed by atoms with Crippen LogP contribution in [0.3, 0.4) is 0 Å². The Hall–Kier alpha value is -3.92. The number of methoxy groups -OCH3 is 1. The van der Waals surface area contributed by atoms with Crippen LogP contribution in [-0.2, 0) is 11.1 Å². The lowest BCUT2D eigenvalue weighted by molar-refractivity contribution is 0.0396. The van der Waals surface area contributed by atoms with Gasteiger partial charge >= 0.3 is 0 Å². The van der Waals surface area contributed by atoms with Crippen molar-refractivity contribution in [1.82, 2.24) is 9.97 Å². The molecule has 2 aromatic heterocycles. The largest absolute Gasteiger partial charge is 0.494 e. The number of carbonyl (C=O) groups is 1. The molecule has 2 aromatic carbocycles. The van der Waals surface area contributed by atoms with Crippen molar-refractivity contribution in [3.63, 3.8) is 0 Å².